The van der Waals surface area contributed by atoms with E-state index in [-0.39, 0.29) is 11.4 Å². The average molecular weight is 307 g/mol. The lowest BCUT2D eigenvalue weighted by Crippen LogP contribution is -1.86. The molecular weight excluding hydrogens is 294 g/mol. The van der Waals surface area contributed by atoms with E-state index in [1.54, 1.807) is 36.5 Å². The van der Waals surface area contributed by atoms with E-state index in [4.69, 9.17) is 0 Å². The molecule has 23 heavy (non-hydrogen) atoms. The van der Waals surface area contributed by atoms with Crippen LogP contribution in [-0.2, 0) is 0 Å². The number of aromatic amines is 1. The van der Waals surface area contributed by atoms with Crippen LogP contribution in [0.15, 0.2) is 54.7 Å². The number of hydrogen-bond donors (Lipinski definition) is 2. The number of non-ortho nitro benzene ring substituents is 1. The van der Waals surface area contributed by atoms with Crippen LogP contribution in [0.1, 0.15) is 11.1 Å². The molecule has 0 atom stereocenters. The van der Waals surface area contributed by atoms with E-state index in [0.29, 0.717) is 11.3 Å². The third kappa shape index (κ3) is 3.11. The number of para-hydroxylation sites is 1. The third-order valence-electron chi connectivity index (χ3n) is 3.40. The number of phenolic OH excluding ortho intramolecular Hbond substituents is 1. The molecular formula is C17H13N3O3. The van der Waals surface area contributed by atoms with Gasteiger partial charge in [-0.2, -0.15) is 5.10 Å². The molecule has 0 aliphatic rings. The van der Waals surface area contributed by atoms with Crippen LogP contribution in [0.4, 0.5) is 5.69 Å². The van der Waals surface area contributed by atoms with Crippen LogP contribution >= 0.6 is 0 Å². The molecule has 0 amide bonds. The predicted octanol–water partition coefficient (Wildman–Crippen LogP) is 3.86. The van der Waals surface area contributed by atoms with Crippen molar-refractivity contribution in [3.05, 3.63) is 76.0 Å². The smallest absolute Gasteiger partial charge is 0.269 e. The van der Waals surface area contributed by atoms with Crippen LogP contribution in [0.5, 0.6) is 5.75 Å². The number of H-pyrrole nitrogens is 1. The maximum Gasteiger partial charge on any atom is 0.269 e. The van der Waals surface area contributed by atoms with Crippen molar-refractivity contribution >= 4 is 17.8 Å². The molecule has 0 saturated heterocycles. The van der Waals surface area contributed by atoms with Crippen molar-refractivity contribution < 1.29 is 10.0 Å². The van der Waals surface area contributed by atoms with Crippen LogP contribution in [0.25, 0.3) is 23.4 Å². The highest BCUT2D eigenvalue weighted by Gasteiger charge is 2.09. The number of benzene rings is 2. The van der Waals surface area contributed by atoms with Crippen LogP contribution in [0.3, 0.4) is 0 Å². The monoisotopic (exact) mass is 307 g/mol. The molecule has 6 nitrogen and oxygen atoms in total. The summed E-state index contributed by atoms with van der Waals surface area (Å²) in [4.78, 5) is 10.2. The summed E-state index contributed by atoms with van der Waals surface area (Å²) in [6, 6.07) is 13.3. The van der Waals surface area contributed by atoms with Gasteiger partial charge < -0.3 is 5.11 Å². The zero-order valence-corrected chi connectivity index (χ0v) is 12.0. The molecule has 6 heteroatoms. The molecule has 114 valence electrons. The van der Waals surface area contributed by atoms with Crippen molar-refractivity contribution in [1.29, 1.82) is 0 Å². The second-order valence-electron chi connectivity index (χ2n) is 4.90. The van der Waals surface area contributed by atoms with Crippen molar-refractivity contribution in [1.82, 2.24) is 10.2 Å². The van der Waals surface area contributed by atoms with Gasteiger partial charge >= 0.3 is 0 Å². The minimum Gasteiger partial charge on any atom is -0.507 e. The first-order valence-corrected chi connectivity index (χ1v) is 6.89. The average Bonchev–Trinajstić information content (AvgIpc) is 3.02. The number of aromatic nitrogens is 2. The molecule has 0 radical (unpaired) electrons. The van der Waals surface area contributed by atoms with Gasteiger partial charge in [-0.05, 0) is 29.8 Å². The fourth-order valence-corrected chi connectivity index (χ4v) is 2.22. The van der Waals surface area contributed by atoms with E-state index in [0.717, 1.165) is 11.1 Å². The van der Waals surface area contributed by atoms with Crippen LogP contribution in [0.2, 0.25) is 0 Å². The Kier molecular flexibility index (Phi) is 3.88. The summed E-state index contributed by atoms with van der Waals surface area (Å²) in [6.45, 7) is 0. The molecule has 0 spiro atoms. The van der Waals surface area contributed by atoms with Gasteiger partial charge in [-0.25, -0.2) is 0 Å². The van der Waals surface area contributed by atoms with Gasteiger partial charge in [-0.15, -0.1) is 0 Å². The zero-order valence-electron chi connectivity index (χ0n) is 12.0. The maximum absolute atomic E-state index is 10.6. The molecule has 0 fully saturated rings. The lowest BCUT2D eigenvalue weighted by molar-refractivity contribution is -0.384. The summed E-state index contributed by atoms with van der Waals surface area (Å²) in [5.74, 6) is 0.168. The summed E-state index contributed by atoms with van der Waals surface area (Å²) in [6.07, 6.45) is 5.33. The number of rotatable bonds is 4. The van der Waals surface area contributed by atoms with Gasteiger partial charge in [0.25, 0.3) is 5.69 Å². The Balaban J connectivity index is 1.88. The Labute approximate surface area is 131 Å². The summed E-state index contributed by atoms with van der Waals surface area (Å²) in [7, 11) is 0. The van der Waals surface area contributed by atoms with Gasteiger partial charge in [0.05, 0.1) is 16.8 Å². The second-order valence-corrected chi connectivity index (χ2v) is 4.90. The Morgan fingerprint density at radius 1 is 1.09 bits per heavy atom. The van der Waals surface area contributed by atoms with Crippen molar-refractivity contribution in [3.8, 4) is 17.0 Å². The lowest BCUT2D eigenvalue weighted by atomic mass is 10.1. The fourth-order valence-electron chi connectivity index (χ4n) is 2.22. The van der Waals surface area contributed by atoms with Crippen molar-refractivity contribution in [2.75, 3.05) is 0 Å². The fraction of sp³-hybridized carbons (Fsp3) is 0. The number of phenols is 1. The molecule has 0 bridgehead atoms. The standard InChI is InChI=1S/C17H13N3O3/c21-16-4-2-1-3-15(16)17-13(11-18-19-17)8-5-12-6-9-14(10-7-12)20(22)23/h1-11,21H,(H,18,19)/b8-5+. The normalized spacial score (nSPS) is 11.0. The maximum atomic E-state index is 10.6. The van der Waals surface area contributed by atoms with Crippen molar-refractivity contribution in [2.24, 2.45) is 0 Å². The zero-order chi connectivity index (χ0) is 16.2. The Morgan fingerprint density at radius 2 is 1.83 bits per heavy atom. The lowest BCUT2D eigenvalue weighted by Gasteiger charge is -2.02. The SMILES string of the molecule is O=[N+]([O-])c1ccc(/C=C/c2cn[nH]c2-c2ccccc2O)cc1. The van der Waals surface area contributed by atoms with Gasteiger partial charge in [0, 0.05) is 23.3 Å². The van der Waals surface area contributed by atoms with E-state index in [9.17, 15) is 15.2 Å². The first kappa shape index (κ1) is 14.5. The molecule has 0 aliphatic heterocycles. The third-order valence-corrected chi connectivity index (χ3v) is 3.40. The summed E-state index contributed by atoms with van der Waals surface area (Å²) >= 11 is 0. The number of nitrogens with zero attached hydrogens (tertiary/aromatic N) is 2. The molecule has 1 aromatic heterocycles. The number of nitrogens with one attached hydrogen (secondary N) is 1. The molecule has 0 saturated carbocycles. The molecule has 0 unspecified atom stereocenters. The predicted molar refractivity (Wildman–Crippen MR) is 87.7 cm³/mol. The number of nitro benzene ring substituents is 1. The van der Waals surface area contributed by atoms with Gasteiger partial charge in [-0.1, -0.05) is 24.3 Å². The minimum absolute atomic E-state index is 0.0559. The topological polar surface area (TPSA) is 92.0 Å². The second kappa shape index (κ2) is 6.15. The van der Waals surface area contributed by atoms with Crippen LogP contribution in [0, 0.1) is 10.1 Å². The van der Waals surface area contributed by atoms with E-state index >= 15 is 0 Å². The summed E-state index contributed by atoms with van der Waals surface area (Å²) in [5, 5.41) is 27.5. The summed E-state index contributed by atoms with van der Waals surface area (Å²) in [5.41, 5.74) is 3.07. The Hall–Kier alpha value is -3.41. The van der Waals surface area contributed by atoms with E-state index in [1.165, 1.54) is 12.1 Å². The number of nitro groups is 1. The van der Waals surface area contributed by atoms with E-state index in [1.807, 2.05) is 18.2 Å². The van der Waals surface area contributed by atoms with Crippen LogP contribution < -0.4 is 0 Å². The van der Waals surface area contributed by atoms with Crippen LogP contribution in [-0.4, -0.2) is 20.2 Å². The molecule has 1 heterocycles. The molecule has 2 N–H and O–H groups in total. The van der Waals surface area contributed by atoms with E-state index < -0.39 is 4.92 Å². The molecule has 2 aromatic carbocycles. The largest absolute Gasteiger partial charge is 0.507 e. The number of aromatic hydroxyl groups is 1. The Bertz CT molecular complexity index is 867. The minimum atomic E-state index is -0.431. The highest BCUT2D eigenvalue weighted by molar-refractivity contribution is 5.80. The quantitative estimate of drug-likeness (QED) is 0.565. The summed E-state index contributed by atoms with van der Waals surface area (Å²) < 4.78 is 0. The highest BCUT2D eigenvalue weighted by atomic mass is 16.6. The van der Waals surface area contributed by atoms with Gasteiger partial charge in [0.2, 0.25) is 0 Å². The Morgan fingerprint density at radius 3 is 2.52 bits per heavy atom. The first-order chi connectivity index (χ1) is 11.1. The first-order valence-electron chi connectivity index (χ1n) is 6.89. The van der Waals surface area contributed by atoms with Gasteiger partial charge in [0.1, 0.15) is 5.75 Å². The van der Waals surface area contributed by atoms with Crippen molar-refractivity contribution in [2.45, 2.75) is 0 Å². The molecule has 3 rings (SSSR count). The van der Waals surface area contributed by atoms with Gasteiger partial charge in [0.15, 0.2) is 0 Å². The van der Waals surface area contributed by atoms with Gasteiger partial charge in [-0.3, -0.25) is 15.2 Å². The molecule has 0 aliphatic carbocycles. The number of hydrogen-bond acceptors (Lipinski definition) is 4. The van der Waals surface area contributed by atoms with E-state index in [2.05, 4.69) is 10.2 Å². The molecule has 3 aromatic rings. The van der Waals surface area contributed by atoms with Crippen molar-refractivity contribution in [3.63, 3.8) is 0 Å². The highest BCUT2D eigenvalue weighted by Crippen LogP contribution is 2.30.